The van der Waals surface area contributed by atoms with Gasteiger partial charge in [-0.2, -0.15) is 13.2 Å². The van der Waals surface area contributed by atoms with Crippen LogP contribution in [0.1, 0.15) is 22.0 Å². The van der Waals surface area contributed by atoms with Crippen LogP contribution in [0, 0.1) is 5.92 Å². The molecule has 0 saturated carbocycles. The smallest absolute Gasteiger partial charge is 0.437 e. The summed E-state index contributed by atoms with van der Waals surface area (Å²) >= 11 is 0. The molecule has 3 atom stereocenters. The van der Waals surface area contributed by atoms with Crippen LogP contribution in [0.15, 0.2) is 48.5 Å². The quantitative estimate of drug-likeness (QED) is 0.703. The molecular formula is C22H23F3N2O5. The van der Waals surface area contributed by atoms with Crippen molar-refractivity contribution in [1.29, 1.82) is 0 Å². The van der Waals surface area contributed by atoms with E-state index >= 15 is 0 Å². The lowest BCUT2D eigenvalue weighted by Crippen LogP contribution is -2.73. The van der Waals surface area contributed by atoms with E-state index in [2.05, 4.69) is 0 Å². The largest absolute Gasteiger partial charge is 0.493 e. The number of ketones is 1. The standard InChI is InChI=1S/C22H23F3N2O5/c1-26-17(14-11-8-12-15(31-3)19(14)32-4)16(18(28)13-9-6-5-7-10-13)21(30,22(23,24)25)27(2)20(26)29/h5-12,16-17,30H,1-4H3. The third kappa shape index (κ3) is 3.44. The molecule has 172 valence electrons. The Morgan fingerprint density at radius 2 is 1.66 bits per heavy atom. The zero-order chi connectivity index (χ0) is 23.8. The zero-order valence-corrected chi connectivity index (χ0v) is 17.9. The summed E-state index contributed by atoms with van der Waals surface area (Å²) in [6.07, 6.45) is -5.34. The third-order valence-electron chi connectivity index (χ3n) is 5.78. The fourth-order valence-corrected chi connectivity index (χ4v) is 4.16. The molecule has 1 heterocycles. The van der Waals surface area contributed by atoms with E-state index in [1.807, 2.05) is 0 Å². The first-order valence-electron chi connectivity index (χ1n) is 9.60. The summed E-state index contributed by atoms with van der Waals surface area (Å²) in [5.41, 5.74) is -3.72. The van der Waals surface area contributed by atoms with Crippen molar-refractivity contribution < 1.29 is 37.3 Å². The minimum absolute atomic E-state index is 0.0387. The number of carbonyl (C=O) groups is 2. The minimum Gasteiger partial charge on any atom is -0.493 e. The molecule has 3 rings (SSSR count). The number of hydrogen-bond donors (Lipinski definition) is 1. The van der Waals surface area contributed by atoms with E-state index in [0.717, 1.165) is 11.9 Å². The number of benzene rings is 2. The van der Waals surface area contributed by atoms with Crippen molar-refractivity contribution in [3.8, 4) is 11.5 Å². The van der Waals surface area contributed by atoms with E-state index in [4.69, 9.17) is 9.47 Å². The van der Waals surface area contributed by atoms with Crippen LogP contribution in [0.25, 0.3) is 0 Å². The molecule has 1 aliphatic heterocycles. The van der Waals surface area contributed by atoms with Crippen LogP contribution in [0.4, 0.5) is 18.0 Å². The highest BCUT2D eigenvalue weighted by Gasteiger charge is 2.70. The summed E-state index contributed by atoms with van der Waals surface area (Å²) in [7, 11) is 4.73. The molecule has 0 aliphatic carbocycles. The number of methoxy groups -OCH3 is 2. The summed E-state index contributed by atoms with van der Waals surface area (Å²) in [4.78, 5) is 27.5. The maximum atomic E-state index is 14.3. The Hall–Kier alpha value is -3.27. The Kier molecular flexibility index (Phi) is 6.10. The molecule has 2 aromatic rings. The molecule has 0 bridgehead atoms. The Labute approximate surface area is 182 Å². The number of ether oxygens (including phenoxy) is 2. The van der Waals surface area contributed by atoms with Crippen LogP contribution in [0.2, 0.25) is 0 Å². The summed E-state index contributed by atoms with van der Waals surface area (Å²) in [5, 5.41) is 11.0. The van der Waals surface area contributed by atoms with Gasteiger partial charge in [-0.15, -0.1) is 0 Å². The number of para-hydroxylation sites is 1. The second kappa shape index (κ2) is 8.34. The van der Waals surface area contributed by atoms with Crippen molar-refractivity contribution >= 4 is 11.8 Å². The van der Waals surface area contributed by atoms with E-state index in [0.29, 0.717) is 0 Å². The molecule has 2 aromatic carbocycles. The number of amides is 2. The molecule has 0 aromatic heterocycles. The van der Waals surface area contributed by atoms with Gasteiger partial charge in [0.2, 0.25) is 0 Å². The lowest BCUT2D eigenvalue weighted by atomic mass is 9.75. The molecule has 1 N–H and O–H groups in total. The van der Waals surface area contributed by atoms with Gasteiger partial charge in [-0.3, -0.25) is 9.69 Å². The number of nitrogens with zero attached hydrogens (tertiary/aromatic N) is 2. The second-order valence-corrected chi connectivity index (χ2v) is 7.41. The molecule has 0 spiro atoms. The average molecular weight is 452 g/mol. The Morgan fingerprint density at radius 3 is 2.19 bits per heavy atom. The summed E-state index contributed by atoms with van der Waals surface area (Å²) in [6.45, 7) is 0. The maximum absolute atomic E-state index is 14.3. The number of alkyl halides is 3. The van der Waals surface area contributed by atoms with Gasteiger partial charge in [0, 0.05) is 25.2 Å². The van der Waals surface area contributed by atoms with Crippen LogP contribution >= 0.6 is 0 Å². The average Bonchev–Trinajstić information content (AvgIpc) is 2.78. The second-order valence-electron chi connectivity index (χ2n) is 7.41. The van der Waals surface area contributed by atoms with Crippen molar-refractivity contribution in [2.45, 2.75) is 17.9 Å². The van der Waals surface area contributed by atoms with Crippen molar-refractivity contribution in [2.75, 3.05) is 28.3 Å². The van der Waals surface area contributed by atoms with Crippen LogP contribution in [-0.2, 0) is 0 Å². The highest BCUT2D eigenvalue weighted by atomic mass is 19.4. The molecule has 32 heavy (non-hydrogen) atoms. The molecule has 2 amide bonds. The number of aliphatic hydroxyl groups is 1. The monoisotopic (exact) mass is 452 g/mol. The molecule has 1 fully saturated rings. The van der Waals surface area contributed by atoms with E-state index in [1.54, 1.807) is 6.07 Å². The Morgan fingerprint density at radius 1 is 1.03 bits per heavy atom. The van der Waals surface area contributed by atoms with Gasteiger partial charge in [0.05, 0.1) is 20.3 Å². The van der Waals surface area contributed by atoms with Gasteiger partial charge < -0.3 is 19.5 Å². The van der Waals surface area contributed by atoms with Gasteiger partial charge in [0.1, 0.15) is 5.92 Å². The number of hydrogen-bond acceptors (Lipinski definition) is 5. The van der Waals surface area contributed by atoms with Crippen molar-refractivity contribution in [3.05, 3.63) is 59.7 Å². The van der Waals surface area contributed by atoms with E-state index in [9.17, 15) is 27.9 Å². The molecule has 1 saturated heterocycles. The number of urea groups is 1. The number of halogens is 3. The van der Waals surface area contributed by atoms with Crippen molar-refractivity contribution in [1.82, 2.24) is 9.80 Å². The maximum Gasteiger partial charge on any atom is 0.437 e. The van der Waals surface area contributed by atoms with Gasteiger partial charge in [0.25, 0.3) is 5.72 Å². The first-order chi connectivity index (χ1) is 15.0. The Bertz CT molecular complexity index is 1010. The molecule has 10 heteroatoms. The van der Waals surface area contributed by atoms with Crippen LogP contribution in [0.5, 0.6) is 11.5 Å². The fraction of sp³-hybridized carbons (Fsp3) is 0.364. The highest BCUT2D eigenvalue weighted by molar-refractivity contribution is 6.00. The summed E-state index contributed by atoms with van der Waals surface area (Å²) in [6, 6.07) is 9.17. The molecule has 3 unspecified atom stereocenters. The van der Waals surface area contributed by atoms with Crippen LogP contribution in [-0.4, -0.2) is 66.9 Å². The topological polar surface area (TPSA) is 79.3 Å². The van der Waals surface area contributed by atoms with Crippen molar-refractivity contribution in [3.63, 3.8) is 0 Å². The number of rotatable bonds is 5. The fourth-order valence-electron chi connectivity index (χ4n) is 4.16. The molecular weight excluding hydrogens is 429 g/mol. The van der Waals surface area contributed by atoms with E-state index in [-0.39, 0.29) is 27.5 Å². The molecule has 7 nitrogen and oxygen atoms in total. The van der Waals surface area contributed by atoms with Gasteiger partial charge in [-0.05, 0) is 6.07 Å². The van der Waals surface area contributed by atoms with Gasteiger partial charge in [0.15, 0.2) is 17.3 Å². The van der Waals surface area contributed by atoms with Gasteiger partial charge in [-0.1, -0.05) is 42.5 Å². The Balaban J connectivity index is 2.35. The van der Waals surface area contributed by atoms with Gasteiger partial charge >= 0.3 is 12.2 Å². The first-order valence-corrected chi connectivity index (χ1v) is 9.60. The first kappa shape index (κ1) is 23.4. The normalized spacial score (nSPS) is 23.8. The highest BCUT2D eigenvalue weighted by Crippen LogP contribution is 2.52. The van der Waals surface area contributed by atoms with Crippen molar-refractivity contribution in [2.24, 2.45) is 5.92 Å². The predicted molar refractivity (Wildman–Crippen MR) is 108 cm³/mol. The SMILES string of the molecule is COc1cccc(C2C(C(=O)c3ccccc3)C(O)(C(F)(F)F)N(C)C(=O)N2C)c1OC. The molecule has 1 aliphatic rings. The van der Waals surface area contributed by atoms with E-state index < -0.39 is 35.7 Å². The number of carbonyl (C=O) groups excluding carboxylic acids is 2. The van der Waals surface area contributed by atoms with Crippen LogP contribution in [0.3, 0.4) is 0 Å². The van der Waals surface area contributed by atoms with E-state index in [1.165, 1.54) is 63.7 Å². The lowest BCUT2D eigenvalue weighted by Gasteiger charge is -2.53. The minimum atomic E-state index is -5.34. The van der Waals surface area contributed by atoms with Crippen LogP contribution < -0.4 is 9.47 Å². The predicted octanol–water partition coefficient (Wildman–Crippen LogP) is 3.49. The third-order valence-corrected chi connectivity index (χ3v) is 5.78. The summed E-state index contributed by atoms with van der Waals surface area (Å²) in [5.74, 6) is -2.85. The van der Waals surface area contributed by atoms with Gasteiger partial charge in [-0.25, -0.2) is 4.79 Å². The molecule has 0 radical (unpaired) electrons. The summed E-state index contributed by atoms with van der Waals surface area (Å²) < 4.78 is 53.7. The zero-order valence-electron chi connectivity index (χ0n) is 17.9. The number of Topliss-reactive ketones (excluding diaryl/α,β-unsaturated/α-hetero) is 1. The lowest BCUT2D eigenvalue weighted by molar-refractivity contribution is -0.328.